The minimum absolute atomic E-state index is 0.298. The molecule has 2 N–H and O–H groups in total. The summed E-state index contributed by atoms with van der Waals surface area (Å²) in [6.45, 7) is 4.61. The molecule has 0 radical (unpaired) electrons. The van der Waals surface area contributed by atoms with Gasteiger partial charge in [-0.1, -0.05) is 13.8 Å². The fourth-order valence-electron chi connectivity index (χ4n) is 1.00. The first-order chi connectivity index (χ1) is 6.76. The fourth-order valence-corrected chi connectivity index (χ4v) is 1.62. The predicted molar refractivity (Wildman–Crippen MR) is 58.7 cm³/mol. The molecule has 0 bridgehead atoms. The van der Waals surface area contributed by atoms with Crippen molar-refractivity contribution >= 4 is 16.7 Å². The molecule has 0 aliphatic rings. The van der Waals surface area contributed by atoms with Crippen LogP contribution >= 0.6 is 11.5 Å². The largest absolute Gasteiger partial charge is 0.391 e. The Balaban J connectivity index is 2.35. The lowest BCUT2D eigenvalue weighted by Crippen LogP contribution is -2.18. The Labute approximate surface area is 88.6 Å². The lowest BCUT2D eigenvalue weighted by molar-refractivity contribution is 0.183. The molecule has 5 heteroatoms. The van der Waals surface area contributed by atoms with E-state index in [1.165, 1.54) is 11.5 Å². The summed E-state index contributed by atoms with van der Waals surface area (Å²) in [5.41, 5.74) is 0. The number of hydrogen-bond donors (Lipinski definition) is 2. The minimum Gasteiger partial charge on any atom is -0.391 e. The summed E-state index contributed by atoms with van der Waals surface area (Å²) < 4.78 is 4.20. The van der Waals surface area contributed by atoms with Crippen molar-refractivity contribution in [2.45, 2.75) is 39.2 Å². The number of aromatic nitrogens is 2. The molecule has 0 aliphatic carbocycles. The van der Waals surface area contributed by atoms with Crippen LogP contribution in [-0.4, -0.2) is 27.1 Å². The van der Waals surface area contributed by atoms with Crippen LogP contribution in [-0.2, 0) is 6.42 Å². The van der Waals surface area contributed by atoms with Gasteiger partial charge in [-0.15, -0.1) is 0 Å². The topological polar surface area (TPSA) is 58.0 Å². The van der Waals surface area contributed by atoms with Crippen molar-refractivity contribution in [3.63, 3.8) is 0 Å². The van der Waals surface area contributed by atoms with Crippen molar-refractivity contribution in [3.8, 4) is 0 Å². The van der Waals surface area contributed by atoms with Crippen LogP contribution in [0.5, 0.6) is 0 Å². The first kappa shape index (κ1) is 11.4. The van der Waals surface area contributed by atoms with Crippen molar-refractivity contribution in [1.29, 1.82) is 0 Å². The number of aliphatic hydroxyl groups excluding tert-OH is 1. The SMILES string of the molecule is CCCc1nsc(NCC(O)CC)n1. The van der Waals surface area contributed by atoms with Gasteiger partial charge in [0.05, 0.1) is 6.10 Å². The van der Waals surface area contributed by atoms with E-state index in [4.69, 9.17) is 0 Å². The Morgan fingerprint density at radius 1 is 1.50 bits per heavy atom. The van der Waals surface area contributed by atoms with Gasteiger partial charge in [0.2, 0.25) is 5.13 Å². The Kier molecular flexibility index (Phi) is 4.82. The highest BCUT2D eigenvalue weighted by atomic mass is 32.1. The van der Waals surface area contributed by atoms with Gasteiger partial charge in [0.1, 0.15) is 5.82 Å². The molecule has 80 valence electrons. The lowest BCUT2D eigenvalue weighted by Gasteiger charge is -2.06. The molecule has 1 unspecified atom stereocenters. The van der Waals surface area contributed by atoms with E-state index in [2.05, 4.69) is 21.6 Å². The van der Waals surface area contributed by atoms with Gasteiger partial charge in [-0.3, -0.25) is 0 Å². The van der Waals surface area contributed by atoms with E-state index in [0.29, 0.717) is 6.54 Å². The molecular formula is C9H17N3OS. The molecule has 4 nitrogen and oxygen atoms in total. The normalized spacial score (nSPS) is 12.8. The van der Waals surface area contributed by atoms with Crippen LogP contribution in [0.2, 0.25) is 0 Å². The van der Waals surface area contributed by atoms with E-state index < -0.39 is 0 Å². The van der Waals surface area contributed by atoms with E-state index >= 15 is 0 Å². The van der Waals surface area contributed by atoms with E-state index in [1.807, 2.05) is 6.92 Å². The summed E-state index contributed by atoms with van der Waals surface area (Å²) in [5.74, 6) is 0.894. The van der Waals surface area contributed by atoms with Crippen molar-refractivity contribution in [3.05, 3.63) is 5.82 Å². The first-order valence-corrected chi connectivity index (χ1v) is 5.78. The second-order valence-electron chi connectivity index (χ2n) is 3.21. The molecule has 1 aromatic heterocycles. The monoisotopic (exact) mass is 215 g/mol. The number of anilines is 1. The summed E-state index contributed by atoms with van der Waals surface area (Å²) in [7, 11) is 0. The highest BCUT2D eigenvalue weighted by Gasteiger charge is 2.04. The Hall–Kier alpha value is -0.680. The minimum atomic E-state index is -0.298. The van der Waals surface area contributed by atoms with Gasteiger partial charge in [-0.25, -0.2) is 4.98 Å². The number of rotatable bonds is 6. The third-order valence-corrected chi connectivity index (χ3v) is 2.61. The highest BCUT2D eigenvalue weighted by molar-refractivity contribution is 7.09. The maximum atomic E-state index is 9.32. The molecule has 0 aromatic carbocycles. The maximum Gasteiger partial charge on any atom is 0.202 e. The summed E-state index contributed by atoms with van der Waals surface area (Å²) in [6.07, 6.45) is 2.45. The van der Waals surface area contributed by atoms with Crippen LogP contribution in [0.1, 0.15) is 32.5 Å². The molecule has 0 spiro atoms. The zero-order valence-electron chi connectivity index (χ0n) is 8.66. The van der Waals surface area contributed by atoms with Crippen LogP contribution in [0.15, 0.2) is 0 Å². The van der Waals surface area contributed by atoms with E-state index in [9.17, 15) is 5.11 Å². The zero-order chi connectivity index (χ0) is 10.4. The molecule has 0 amide bonds. The molecule has 0 saturated carbocycles. The van der Waals surface area contributed by atoms with Gasteiger partial charge in [0, 0.05) is 24.5 Å². The van der Waals surface area contributed by atoms with Gasteiger partial charge >= 0.3 is 0 Å². The van der Waals surface area contributed by atoms with Crippen LogP contribution < -0.4 is 5.32 Å². The fraction of sp³-hybridized carbons (Fsp3) is 0.778. The van der Waals surface area contributed by atoms with Crippen LogP contribution in [0.3, 0.4) is 0 Å². The molecule has 0 saturated heterocycles. The van der Waals surface area contributed by atoms with Gasteiger partial charge in [0.25, 0.3) is 0 Å². The van der Waals surface area contributed by atoms with Crippen LogP contribution in [0.4, 0.5) is 5.13 Å². The number of aryl methyl sites for hydroxylation is 1. The molecule has 14 heavy (non-hydrogen) atoms. The first-order valence-electron chi connectivity index (χ1n) is 5.00. The van der Waals surface area contributed by atoms with Gasteiger partial charge in [-0.05, 0) is 12.8 Å². The average molecular weight is 215 g/mol. The summed E-state index contributed by atoms with van der Waals surface area (Å²) in [6, 6.07) is 0. The molecule has 1 rings (SSSR count). The number of aliphatic hydroxyl groups is 1. The van der Waals surface area contributed by atoms with Crippen molar-refractivity contribution in [2.24, 2.45) is 0 Å². The van der Waals surface area contributed by atoms with Crippen LogP contribution in [0.25, 0.3) is 0 Å². The van der Waals surface area contributed by atoms with Gasteiger partial charge in [0.15, 0.2) is 0 Å². The van der Waals surface area contributed by atoms with E-state index in [-0.39, 0.29) is 6.10 Å². The zero-order valence-corrected chi connectivity index (χ0v) is 9.47. The number of nitrogens with one attached hydrogen (secondary N) is 1. The van der Waals surface area contributed by atoms with E-state index in [0.717, 1.165) is 30.2 Å². The number of hydrogen-bond acceptors (Lipinski definition) is 5. The third kappa shape index (κ3) is 3.59. The van der Waals surface area contributed by atoms with Crippen molar-refractivity contribution < 1.29 is 5.11 Å². The standard InChI is InChI=1S/C9H17N3OS/c1-3-5-8-11-9(14-12-8)10-6-7(13)4-2/h7,13H,3-6H2,1-2H3,(H,10,11,12). The van der Waals surface area contributed by atoms with Crippen LogP contribution in [0, 0.1) is 0 Å². The van der Waals surface area contributed by atoms with Crippen molar-refractivity contribution in [2.75, 3.05) is 11.9 Å². The molecule has 1 heterocycles. The number of nitrogens with zero attached hydrogens (tertiary/aromatic N) is 2. The smallest absolute Gasteiger partial charge is 0.202 e. The summed E-state index contributed by atoms with van der Waals surface area (Å²) in [4.78, 5) is 4.29. The Morgan fingerprint density at radius 2 is 2.29 bits per heavy atom. The summed E-state index contributed by atoms with van der Waals surface area (Å²) >= 11 is 1.36. The lowest BCUT2D eigenvalue weighted by atomic mass is 10.3. The molecule has 0 aliphatic heterocycles. The van der Waals surface area contributed by atoms with Gasteiger partial charge in [-0.2, -0.15) is 4.37 Å². The van der Waals surface area contributed by atoms with Gasteiger partial charge < -0.3 is 10.4 Å². The van der Waals surface area contributed by atoms with Crippen molar-refractivity contribution in [1.82, 2.24) is 9.36 Å². The third-order valence-electron chi connectivity index (χ3n) is 1.90. The Morgan fingerprint density at radius 3 is 2.93 bits per heavy atom. The molecule has 0 fully saturated rings. The Bertz CT molecular complexity index is 264. The van der Waals surface area contributed by atoms with E-state index in [1.54, 1.807) is 0 Å². The molecular weight excluding hydrogens is 198 g/mol. The second kappa shape index (κ2) is 5.93. The molecule has 1 atom stereocenters. The predicted octanol–water partition coefficient (Wildman–Crippen LogP) is 1.67. The maximum absolute atomic E-state index is 9.32. The highest BCUT2D eigenvalue weighted by Crippen LogP contribution is 2.12. The average Bonchev–Trinajstić information content (AvgIpc) is 2.63. The molecule has 1 aromatic rings. The quantitative estimate of drug-likeness (QED) is 0.758. The summed E-state index contributed by atoms with van der Waals surface area (Å²) in [5, 5.41) is 13.2. The second-order valence-corrected chi connectivity index (χ2v) is 3.96.